The Balaban J connectivity index is 1.28. The van der Waals surface area contributed by atoms with E-state index in [4.69, 9.17) is 9.84 Å². The van der Waals surface area contributed by atoms with Crippen molar-refractivity contribution in [2.24, 2.45) is 17.8 Å². The molecule has 4 fully saturated rings. The molecule has 40 heavy (non-hydrogen) atoms. The molecule has 1 amide bonds. The Labute approximate surface area is 240 Å². The predicted octanol–water partition coefficient (Wildman–Crippen LogP) is 7.49. The van der Waals surface area contributed by atoms with Crippen LogP contribution in [0.1, 0.15) is 108 Å². The van der Waals surface area contributed by atoms with Gasteiger partial charge in [0.05, 0.1) is 28.6 Å². The van der Waals surface area contributed by atoms with Gasteiger partial charge in [-0.3, -0.25) is 4.79 Å². The zero-order valence-electron chi connectivity index (χ0n) is 23.6. The topological polar surface area (TPSA) is 73.2 Å². The fourth-order valence-corrected chi connectivity index (χ4v) is 9.68. The van der Waals surface area contributed by atoms with E-state index in [2.05, 4.69) is 5.32 Å². The van der Waals surface area contributed by atoms with E-state index in [1.807, 2.05) is 55.1 Å². The van der Waals surface area contributed by atoms with Crippen molar-refractivity contribution in [1.29, 1.82) is 0 Å². The summed E-state index contributed by atoms with van der Waals surface area (Å²) in [7, 11) is 0. The molecule has 0 radical (unpaired) electrons. The number of aryl methyl sites for hydroxylation is 1. The number of esters is 1. The van der Waals surface area contributed by atoms with Crippen LogP contribution < -0.4 is 5.32 Å². The van der Waals surface area contributed by atoms with Crippen LogP contribution in [0.4, 0.5) is 5.00 Å². The Kier molecular flexibility index (Phi) is 6.61. The Bertz CT molecular complexity index is 1400. The molecule has 210 valence electrons. The van der Waals surface area contributed by atoms with Gasteiger partial charge in [-0.15, -0.1) is 11.3 Å². The van der Waals surface area contributed by atoms with E-state index < -0.39 is 0 Å². The van der Waals surface area contributed by atoms with Crippen LogP contribution in [0.5, 0.6) is 0 Å². The normalized spacial score (nSPS) is 27.3. The Morgan fingerprint density at radius 1 is 1.07 bits per heavy atom. The summed E-state index contributed by atoms with van der Waals surface area (Å²) in [4.78, 5) is 28.8. The number of para-hydroxylation sites is 1. The highest BCUT2D eigenvalue weighted by atomic mass is 32.1. The van der Waals surface area contributed by atoms with Crippen LogP contribution in [0, 0.1) is 17.8 Å². The van der Waals surface area contributed by atoms with Crippen LogP contribution in [0.15, 0.2) is 36.5 Å². The number of amides is 1. The summed E-state index contributed by atoms with van der Waals surface area (Å²) in [6.45, 7) is 3.94. The minimum absolute atomic E-state index is 0.0333. The third-order valence-corrected chi connectivity index (χ3v) is 11.2. The van der Waals surface area contributed by atoms with Crippen LogP contribution in [0.3, 0.4) is 0 Å². The minimum Gasteiger partial charge on any atom is -0.459 e. The number of carbonyl (C=O) groups excluding carboxylic acids is 2. The molecule has 6 nitrogen and oxygen atoms in total. The molecular weight excluding hydrogens is 518 g/mol. The highest BCUT2D eigenvalue weighted by Crippen LogP contribution is 2.61. The molecule has 1 atom stereocenters. The SMILES string of the molecule is CCC(C)OC(=O)c1c(NC(=O)c2cn(-c3ccccc3)nc2C23CC4CC(CC(C4)C2)C3)sc2c1CCCC2. The number of thiophene rings is 1. The number of anilines is 1. The first-order chi connectivity index (χ1) is 19.4. The van der Waals surface area contributed by atoms with Crippen molar-refractivity contribution in [3.05, 3.63) is 63.8 Å². The third-order valence-electron chi connectivity index (χ3n) is 10.0. The maximum Gasteiger partial charge on any atom is 0.341 e. The lowest BCUT2D eigenvalue weighted by molar-refractivity contribution is -0.00765. The van der Waals surface area contributed by atoms with Crippen molar-refractivity contribution >= 4 is 28.2 Å². The van der Waals surface area contributed by atoms with E-state index in [9.17, 15) is 9.59 Å². The largest absolute Gasteiger partial charge is 0.459 e. The Hall–Kier alpha value is -2.93. The van der Waals surface area contributed by atoms with Crippen molar-refractivity contribution in [3.8, 4) is 5.69 Å². The average Bonchev–Trinajstić information content (AvgIpc) is 3.55. The van der Waals surface area contributed by atoms with Gasteiger partial charge in [-0.05, 0) is 113 Å². The fourth-order valence-electron chi connectivity index (χ4n) is 8.41. The first kappa shape index (κ1) is 26.0. The molecule has 1 N–H and O–H groups in total. The molecule has 4 bridgehead atoms. The number of hydrogen-bond donors (Lipinski definition) is 1. The van der Waals surface area contributed by atoms with Crippen molar-refractivity contribution < 1.29 is 14.3 Å². The summed E-state index contributed by atoms with van der Waals surface area (Å²) < 4.78 is 7.68. The van der Waals surface area contributed by atoms with E-state index in [-0.39, 0.29) is 23.4 Å². The molecule has 2 aromatic heterocycles. The van der Waals surface area contributed by atoms with Gasteiger partial charge in [0.1, 0.15) is 5.00 Å². The smallest absolute Gasteiger partial charge is 0.341 e. The molecule has 0 aliphatic heterocycles. The molecule has 5 aliphatic carbocycles. The summed E-state index contributed by atoms with van der Waals surface area (Å²) in [5, 5.41) is 9.03. The van der Waals surface area contributed by atoms with Gasteiger partial charge >= 0.3 is 5.97 Å². The first-order valence-corrected chi connectivity index (χ1v) is 16.1. The van der Waals surface area contributed by atoms with Crippen LogP contribution in [-0.2, 0) is 23.0 Å². The molecule has 4 saturated carbocycles. The third kappa shape index (κ3) is 4.50. The molecule has 0 spiro atoms. The van der Waals surface area contributed by atoms with Gasteiger partial charge in [0, 0.05) is 16.5 Å². The number of benzene rings is 1. The van der Waals surface area contributed by atoms with Gasteiger partial charge in [0.15, 0.2) is 0 Å². The second kappa shape index (κ2) is 10.2. The highest BCUT2D eigenvalue weighted by Gasteiger charge is 2.54. The molecule has 2 heterocycles. The van der Waals surface area contributed by atoms with E-state index in [0.717, 1.165) is 86.1 Å². The second-order valence-corrected chi connectivity index (χ2v) is 14.0. The summed E-state index contributed by atoms with van der Waals surface area (Å²) in [6.07, 6.45) is 13.9. The van der Waals surface area contributed by atoms with E-state index in [1.54, 1.807) is 11.3 Å². The molecule has 5 aliphatic rings. The van der Waals surface area contributed by atoms with Crippen molar-refractivity contribution in [1.82, 2.24) is 9.78 Å². The maximum atomic E-state index is 14.2. The standard InChI is InChI=1S/C33H39N3O3S/c1-3-20(2)39-32(38)28-25-11-7-8-12-27(25)40-31(28)34-30(37)26-19-36(24-9-5-4-6-10-24)35-29(26)33-16-21-13-22(17-33)15-23(14-21)18-33/h4-6,9-10,19-23H,3,7-8,11-18H2,1-2H3,(H,34,37). The zero-order valence-corrected chi connectivity index (χ0v) is 24.4. The lowest BCUT2D eigenvalue weighted by Gasteiger charge is -2.56. The molecule has 7 heteroatoms. The van der Waals surface area contributed by atoms with Crippen LogP contribution in [-0.4, -0.2) is 27.8 Å². The zero-order chi connectivity index (χ0) is 27.4. The van der Waals surface area contributed by atoms with E-state index in [0.29, 0.717) is 16.1 Å². The number of rotatable bonds is 7. The quantitative estimate of drug-likeness (QED) is 0.306. The van der Waals surface area contributed by atoms with Gasteiger partial charge < -0.3 is 10.1 Å². The van der Waals surface area contributed by atoms with Gasteiger partial charge in [-0.2, -0.15) is 5.10 Å². The molecule has 1 unspecified atom stereocenters. The van der Waals surface area contributed by atoms with Crippen LogP contribution >= 0.6 is 11.3 Å². The first-order valence-electron chi connectivity index (χ1n) is 15.2. The molecular formula is C33H39N3O3S. The number of nitrogens with zero attached hydrogens (tertiary/aromatic N) is 2. The van der Waals surface area contributed by atoms with E-state index >= 15 is 0 Å². The Morgan fingerprint density at radius 2 is 1.75 bits per heavy atom. The van der Waals surface area contributed by atoms with Gasteiger partial charge in [0.2, 0.25) is 0 Å². The second-order valence-electron chi connectivity index (χ2n) is 12.9. The summed E-state index contributed by atoms with van der Waals surface area (Å²) >= 11 is 1.56. The van der Waals surface area contributed by atoms with Gasteiger partial charge in [-0.1, -0.05) is 25.1 Å². The monoisotopic (exact) mass is 557 g/mol. The van der Waals surface area contributed by atoms with Crippen molar-refractivity contribution in [2.45, 2.75) is 96.0 Å². The number of hydrogen-bond acceptors (Lipinski definition) is 5. The lowest BCUT2D eigenvalue weighted by atomic mass is 9.48. The molecule has 3 aromatic rings. The van der Waals surface area contributed by atoms with Crippen molar-refractivity contribution in [2.75, 3.05) is 5.32 Å². The number of carbonyl (C=O) groups is 2. The minimum atomic E-state index is -0.315. The lowest BCUT2D eigenvalue weighted by Crippen LogP contribution is -2.49. The molecule has 1 aromatic carbocycles. The number of aromatic nitrogens is 2. The highest BCUT2D eigenvalue weighted by molar-refractivity contribution is 7.17. The van der Waals surface area contributed by atoms with Gasteiger partial charge in [-0.25, -0.2) is 9.48 Å². The van der Waals surface area contributed by atoms with Gasteiger partial charge in [0.25, 0.3) is 5.91 Å². The van der Waals surface area contributed by atoms with Crippen LogP contribution in [0.25, 0.3) is 5.69 Å². The Morgan fingerprint density at radius 3 is 2.42 bits per heavy atom. The summed E-state index contributed by atoms with van der Waals surface area (Å²) in [6, 6.07) is 10.1. The maximum absolute atomic E-state index is 14.2. The average molecular weight is 558 g/mol. The van der Waals surface area contributed by atoms with E-state index in [1.165, 1.54) is 24.1 Å². The summed E-state index contributed by atoms with van der Waals surface area (Å²) in [5.74, 6) is 1.76. The number of ether oxygens (including phenoxy) is 1. The molecule has 0 saturated heterocycles. The predicted molar refractivity (Wildman–Crippen MR) is 157 cm³/mol. The summed E-state index contributed by atoms with van der Waals surface area (Å²) in [5.41, 5.74) is 4.17. The number of fused-ring (bicyclic) bond motifs is 1. The fraction of sp³-hybridized carbons (Fsp3) is 0.545. The number of nitrogens with one attached hydrogen (secondary N) is 1. The van der Waals surface area contributed by atoms with Crippen LogP contribution in [0.2, 0.25) is 0 Å². The molecule has 8 rings (SSSR count). The van der Waals surface area contributed by atoms with Crippen molar-refractivity contribution in [3.63, 3.8) is 0 Å².